The van der Waals surface area contributed by atoms with Crippen LogP contribution in [0.3, 0.4) is 0 Å². The van der Waals surface area contributed by atoms with Gasteiger partial charge in [0.1, 0.15) is 11.5 Å². The molecule has 0 radical (unpaired) electrons. The largest absolute Gasteiger partial charge is 0.484 e. The van der Waals surface area contributed by atoms with E-state index in [1.54, 1.807) is 48.5 Å². The fraction of sp³-hybridized carbons (Fsp3) is 0.0455. The highest BCUT2D eigenvalue weighted by Gasteiger charge is 2.11. The number of amides is 1. The van der Waals surface area contributed by atoms with Gasteiger partial charge >= 0.3 is 5.97 Å². The van der Waals surface area contributed by atoms with Gasteiger partial charge < -0.3 is 9.47 Å². The van der Waals surface area contributed by atoms with Crippen molar-refractivity contribution in [2.75, 3.05) is 6.61 Å². The highest BCUT2D eigenvalue weighted by Crippen LogP contribution is 2.19. The third kappa shape index (κ3) is 6.47. The smallest absolute Gasteiger partial charge is 0.344 e. The van der Waals surface area contributed by atoms with Crippen LogP contribution in [0.5, 0.6) is 11.5 Å². The van der Waals surface area contributed by atoms with E-state index < -0.39 is 16.8 Å². The molecule has 32 heavy (non-hydrogen) atoms. The second-order valence-corrected chi connectivity index (χ2v) is 7.13. The summed E-state index contributed by atoms with van der Waals surface area (Å²) in [6.07, 6.45) is 1.42. The average Bonchev–Trinajstić information content (AvgIpc) is 2.79. The highest BCUT2D eigenvalue weighted by molar-refractivity contribution is 9.10. The summed E-state index contributed by atoms with van der Waals surface area (Å²) in [5, 5.41) is 14.4. The minimum absolute atomic E-state index is 0.0693. The number of non-ortho nitro benzene ring substituents is 1. The number of nitro benzene ring substituents is 1. The molecule has 10 heteroatoms. The van der Waals surface area contributed by atoms with E-state index in [-0.39, 0.29) is 12.3 Å². The molecule has 0 saturated carbocycles. The Hall–Kier alpha value is -4.05. The molecule has 3 rings (SSSR count). The van der Waals surface area contributed by atoms with Gasteiger partial charge in [0.2, 0.25) is 0 Å². The molecule has 9 nitrogen and oxygen atoms in total. The van der Waals surface area contributed by atoms with Crippen molar-refractivity contribution in [2.45, 2.75) is 0 Å². The number of carbonyl (C=O) groups excluding carboxylic acids is 2. The number of ether oxygens (including phenoxy) is 2. The van der Waals surface area contributed by atoms with Crippen LogP contribution >= 0.6 is 15.9 Å². The lowest BCUT2D eigenvalue weighted by atomic mass is 10.2. The van der Waals surface area contributed by atoms with E-state index in [1.165, 1.54) is 30.5 Å². The molecule has 0 atom stereocenters. The Bertz CT molecular complexity index is 1150. The van der Waals surface area contributed by atoms with Crippen molar-refractivity contribution in [1.29, 1.82) is 0 Å². The molecule has 0 unspecified atom stereocenters. The number of benzene rings is 3. The average molecular weight is 498 g/mol. The molecule has 162 valence electrons. The van der Waals surface area contributed by atoms with Gasteiger partial charge in [-0.1, -0.05) is 12.1 Å². The van der Waals surface area contributed by atoms with Gasteiger partial charge in [-0.3, -0.25) is 14.9 Å². The molecule has 0 fully saturated rings. The van der Waals surface area contributed by atoms with Crippen molar-refractivity contribution < 1.29 is 24.0 Å². The minimum atomic E-state index is -0.524. The van der Waals surface area contributed by atoms with Crippen LogP contribution in [0.2, 0.25) is 0 Å². The van der Waals surface area contributed by atoms with Crippen molar-refractivity contribution in [3.8, 4) is 11.5 Å². The maximum Gasteiger partial charge on any atom is 0.344 e. The first-order chi connectivity index (χ1) is 15.4. The van der Waals surface area contributed by atoms with Gasteiger partial charge in [0.25, 0.3) is 11.6 Å². The molecule has 0 aromatic heterocycles. The number of hydrazone groups is 1. The van der Waals surface area contributed by atoms with Gasteiger partial charge in [-0.25, -0.2) is 10.2 Å². The van der Waals surface area contributed by atoms with Crippen LogP contribution < -0.4 is 14.9 Å². The first-order valence-electron chi connectivity index (χ1n) is 9.18. The van der Waals surface area contributed by atoms with Gasteiger partial charge in [-0.15, -0.1) is 0 Å². The van der Waals surface area contributed by atoms with E-state index in [2.05, 4.69) is 26.5 Å². The van der Waals surface area contributed by atoms with E-state index in [9.17, 15) is 19.7 Å². The number of hydrogen-bond donors (Lipinski definition) is 1. The zero-order chi connectivity index (χ0) is 22.9. The summed E-state index contributed by atoms with van der Waals surface area (Å²) < 4.78 is 11.2. The number of hydrogen-bond acceptors (Lipinski definition) is 7. The molecule has 3 aromatic carbocycles. The first-order valence-corrected chi connectivity index (χ1v) is 9.97. The van der Waals surface area contributed by atoms with Gasteiger partial charge in [-0.2, -0.15) is 5.10 Å². The Labute approximate surface area is 190 Å². The summed E-state index contributed by atoms with van der Waals surface area (Å²) in [4.78, 5) is 34.1. The lowest BCUT2D eigenvalue weighted by molar-refractivity contribution is -0.384. The maximum absolute atomic E-state index is 12.2. The Morgan fingerprint density at radius 3 is 2.31 bits per heavy atom. The van der Waals surface area contributed by atoms with Crippen LogP contribution in [0.1, 0.15) is 15.9 Å². The normalized spacial score (nSPS) is 10.5. The maximum atomic E-state index is 12.2. The lowest BCUT2D eigenvalue weighted by Gasteiger charge is -2.06. The van der Waals surface area contributed by atoms with Gasteiger partial charge in [0, 0.05) is 16.6 Å². The van der Waals surface area contributed by atoms with Gasteiger partial charge in [0.05, 0.1) is 16.7 Å². The minimum Gasteiger partial charge on any atom is -0.484 e. The van der Waals surface area contributed by atoms with Crippen molar-refractivity contribution in [2.24, 2.45) is 5.10 Å². The lowest BCUT2D eigenvalue weighted by Crippen LogP contribution is -2.24. The fourth-order valence-electron chi connectivity index (χ4n) is 2.43. The van der Waals surface area contributed by atoms with Crippen LogP contribution in [0.15, 0.2) is 82.4 Å². The number of nitro groups is 1. The predicted molar refractivity (Wildman–Crippen MR) is 120 cm³/mol. The summed E-state index contributed by atoms with van der Waals surface area (Å²) in [5.41, 5.74) is 3.33. The second-order valence-electron chi connectivity index (χ2n) is 6.27. The van der Waals surface area contributed by atoms with Crippen molar-refractivity contribution in [1.82, 2.24) is 5.43 Å². The summed E-state index contributed by atoms with van der Waals surface area (Å²) in [7, 11) is 0. The molecule has 1 amide bonds. The monoisotopic (exact) mass is 497 g/mol. The van der Waals surface area contributed by atoms with Crippen LogP contribution in [0, 0.1) is 10.1 Å². The molecular weight excluding hydrogens is 482 g/mol. The molecule has 1 N–H and O–H groups in total. The first kappa shape index (κ1) is 22.6. The number of carbonyl (C=O) groups is 2. The zero-order valence-corrected chi connectivity index (χ0v) is 18.0. The van der Waals surface area contributed by atoms with Crippen LogP contribution in [0.4, 0.5) is 5.69 Å². The van der Waals surface area contributed by atoms with Crippen LogP contribution in [-0.2, 0) is 4.79 Å². The van der Waals surface area contributed by atoms with Gasteiger partial charge in [0.15, 0.2) is 6.61 Å². The molecule has 0 heterocycles. The molecule has 0 spiro atoms. The molecule has 3 aromatic rings. The Balaban J connectivity index is 1.46. The Morgan fingerprint density at radius 2 is 1.66 bits per heavy atom. The molecule has 0 saturated heterocycles. The molecule has 0 aliphatic heterocycles. The van der Waals surface area contributed by atoms with Crippen LogP contribution in [0.25, 0.3) is 0 Å². The predicted octanol–water partition coefficient (Wildman–Crippen LogP) is 4.11. The van der Waals surface area contributed by atoms with E-state index in [1.807, 2.05) is 0 Å². The number of halogens is 1. The number of rotatable bonds is 8. The third-order valence-corrected chi connectivity index (χ3v) is 4.70. The SMILES string of the molecule is O=C(COc1ccc([N+](=O)[O-])cc1)N/N=C\c1ccc(OC(=O)c2ccccc2Br)cc1. The van der Waals surface area contributed by atoms with E-state index in [0.29, 0.717) is 27.1 Å². The highest BCUT2D eigenvalue weighted by atomic mass is 79.9. The topological polar surface area (TPSA) is 120 Å². The number of nitrogens with zero attached hydrogens (tertiary/aromatic N) is 2. The zero-order valence-electron chi connectivity index (χ0n) is 16.4. The van der Waals surface area contributed by atoms with Gasteiger partial charge in [-0.05, 0) is 70.0 Å². The third-order valence-electron chi connectivity index (χ3n) is 4.00. The van der Waals surface area contributed by atoms with E-state index in [0.717, 1.165) is 0 Å². The van der Waals surface area contributed by atoms with Crippen molar-refractivity contribution in [3.05, 3.63) is 98.5 Å². The Kier molecular flexibility index (Phi) is 7.65. The molecule has 0 aliphatic rings. The van der Waals surface area contributed by atoms with Crippen LogP contribution in [-0.4, -0.2) is 29.6 Å². The summed E-state index contributed by atoms with van der Waals surface area (Å²) in [5.74, 6) is -0.302. The second kappa shape index (κ2) is 10.8. The van der Waals surface area contributed by atoms with E-state index in [4.69, 9.17) is 9.47 Å². The number of nitrogens with one attached hydrogen (secondary N) is 1. The molecule has 0 aliphatic carbocycles. The summed E-state index contributed by atoms with van der Waals surface area (Å²) in [6.45, 7) is -0.306. The van der Waals surface area contributed by atoms with E-state index >= 15 is 0 Å². The summed E-state index contributed by atoms with van der Waals surface area (Å²) >= 11 is 3.31. The molecule has 0 bridgehead atoms. The molecular formula is C22H16BrN3O6. The number of esters is 1. The summed E-state index contributed by atoms with van der Waals surface area (Å²) in [6, 6.07) is 18.9. The Morgan fingerprint density at radius 1 is 1.00 bits per heavy atom. The van der Waals surface area contributed by atoms with Crippen molar-refractivity contribution >= 4 is 39.7 Å². The van der Waals surface area contributed by atoms with Crippen molar-refractivity contribution in [3.63, 3.8) is 0 Å². The standard InChI is InChI=1S/C22H16BrN3O6/c23-20-4-2-1-3-19(20)22(28)32-18-9-5-15(6-10-18)13-24-25-21(27)14-31-17-11-7-16(8-12-17)26(29)30/h1-13H,14H2,(H,25,27)/b24-13-. The fourth-order valence-corrected chi connectivity index (χ4v) is 2.88. The quantitative estimate of drug-likeness (QED) is 0.164.